The minimum absolute atomic E-state index is 0.885. The molecule has 0 N–H and O–H groups in total. The zero-order chi connectivity index (χ0) is 10.8. The van der Waals surface area contributed by atoms with Crippen LogP contribution in [0.2, 0.25) is 0 Å². The summed E-state index contributed by atoms with van der Waals surface area (Å²) in [5, 5.41) is 0. The molecule has 0 atom stereocenters. The van der Waals surface area contributed by atoms with Crippen LogP contribution in [0.4, 0.5) is 0 Å². The summed E-state index contributed by atoms with van der Waals surface area (Å²) >= 11 is 0. The number of nitrogens with zero attached hydrogens (tertiary/aromatic N) is 1. The summed E-state index contributed by atoms with van der Waals surface area (Å²) in [6, 6.07) is 8.99. The third-order valence-electron chi connectivity index (χ3n) is 4.10. The molecule has 1 aromatic carbocycles. The Morgan fingerprint density at radius 1 is 0.938 bits per heavy atom. The summed E-state index contributed by atoms with van der Waals surface area (Å²) < 4.78 is 0. The first-order chi connectivity index (χ1) is 7.92. The van der Waals surface area contributed by atoms with Gasteiger partial charge in [-0.2, -0.15) is 0 Å². The fraction of sp³-hybridized carbons (Fsp3) is 0.600. The highest BCUT2D eigenvalue weighted by Gasteiger charge is 2.23. The number of rotatable bonds is 2. The van der Waals surface area contributed by atoms with Crippen molar-refractivity contribution in [2.24, 2.45) is 5.92 Å². The fourth-order valence-electron chi connectivity index (χ4n) is 3.29. The zero-order valence-electron chi connectivity index (χ0n) is 9.99. The number of hydrogen-bond acceptors (Lipinski definition) is 1. The molecule has 0 saturated carbocycles. The molecule has 1 fully saturated rings. The van der Waals surface area contributed by atoms with E-state index in [1.54, 1.807) is 11.1 Å². The molecule has 1 aliphatic carbocycles. The minimum atomic E-state index is 0.885. The van der Waals surface area contributed by atoms with Crippen LogP contribution in [0.3, 0.4) is 0 Å². The van der Waals surface area contributed by atoms with E-state index in [1.807, 2.05) is 0 Å². The molecule has 1 aliphatic heterocycles. The number of fused-ring (bicyclic) bond motifs is 1. The van der Waals surface area contributed by atoms with E-state index in [9.17, 15) is 0 Å². The van der Waals surface area contributed by atoms with Gasteiger partial charge in [0.2, 0.25) is 0 Å². The maximum atomic E-state index is 2.68. The van der Waals surface area contributed by atoms with Gasteiger partial charge in [-0.15, -0.1) is 0 Å². The van der Waals surface area contributed by atoms with E-state index in [1.165, 1.54) is 51.7 Å². The molecule has 3 rings (SSSR count). The molecular formula is C15H21N. The number of likely N-dealkylation sites (tertiary alicyclic amines) is 1. The van der Waals surface area contributed by atoms with Crippen LogP contribution in [0.1, 0.15) is 30.4 Å². The maximum Gasteiger partial charge on any atom is 0.00160 e. The van der Waals surface area contributed by atoms with Crippen molar-refractivity contribution in [2.75, 3.05) is 19.6 Å². The molecule has 0 amide bonds. The van der Waals surface area contributed by atoms with Crippen LogP contribution in [0.5, 0.6) is 0 Å². The molecule has 0 aromatic heterocycles. The molecule has 1 heteroatoms. The first-order valence-corrected chi connectivity index (χ1v) is 6.71. The van der Waals surface area contributed by atoms with E-state index in [4.69, 9.17) is 0 Å². The lowest BCUT2D eigenvalue weighted by molar-refractivity contribution is 0.198. The van der Waals surface area contributed by atoms with Crippen molar-refractivity contribution in [3.63, 3.8) is 0 Å². The van der Waals surface area contributed by atoms with Crippen molar-refractivity contribution >= 4 is 0 Å². The summed E-state index contributed by atoms with van der Waals surface area (Å²) in [4.78, 5) is 2.68. The van der Waals surface area contributed by atoms with Crippen LogP contribution in [-0.2, 0) is 12.8 Å². The summed E-state index contributed by atoms with van der Waals surface area (Å²) in [5.74, 6) is 0.885. The second-order valence-corrected chi connectivity index (χ2v) is 5.40. The Labute approximate surface area is 98.5 Å². The Balaban J connectivity index is 1.59. The van der Waals surface area contributed by atoms with E-state index in [0.717, 1.165) is 5.92 Å². The lowest BCUT2D eigenvalue weighted by Crippen LogP contribution is -2.34. The van der Waals surface area contributed by atoms with Crippen molar-refractivity contribution in [1.82, 2.24) is 4.90 Å². The Morgan fingerprint density at radius 2 is 1.56 bits per heavy atom. The van der Waals surface area contributed by atoms with Gasteiger partial charge in [-0.1, -0.05) is 30.7 Å². The van der Waals surface area contributed by atoms with Crippen molar-refractivity contribution in [2.45, 2.75) is 32.1 Å². The Kier molecular flexibility index (Phi) is 2.96. The van der Waals surface area contributed by atoms with Crippen molar-refractivity contribution in [1.29, 1.82) is 0 Å². The Hall–Kier alpha value is -0.820. The van der Waals surface area contributed by atoms with Crippen LogP contribution < -0.4 is 0 Å². The summed E-state index contributed by atoms with van der Waals surface area (Å²) in [6.07, 6.45) is 6.90. The third kappa shape index (κ3) is 2.15. The van der Waals surface area contributed by atoms with Gasteiger partial charge in [-0.05, 0) is 55.8 Å². The van der Waals surface area contributed by atoms with Crippen molar-refractivity contribution in [3.8, 4) is 0 Å². The zero-order valence-corrected chi connectivity index (χ0v) is 9.99. The molecule has 1 nitrogen and oxygen atoms in total. The van der Waals surface area contributed by atoms with Gasteiger partial charge in [-0.25, -0.2) is 0 Å². The van der Waals surface area contributed by atoms with Crippen LogP contribution in [-0.4, -0.2) is 24.5 Å². The minimum Gasteiger partial charge on any atom is -0.303 e. The second-order valence-electron chi connectivity index (χ2n) is 5.40. The van der Waals surface area contributed by atoms with Gasteiger partial charge in [0, 0.05) is 6.54 Å². The molecule has 0 spiro atoms. The summed E-state index contributed by atoms with van der Waals surface area (Å²) in [6.45, 7) is 4.01. The average molecular weight is 215 g/mol. The highest BCUT2D eigenvalue weighted by Crippen LogP contribution is 2.27. The van der Waals surface area contributed by atoms with Crippen LogP contribution in [0.25, 0.3) is 0 Å². The lowest BCUT2D eigenvalue weighted by Gasteiger charge is -2.28. The highest BCUT2D eigenvalue weighted by molar-refractivity contribution is 5.32. The van der Waals surface area contributed by atoms with Gasteiger partial charge in [0.15, 0.2) is 0 Å². The standard InChI is InChI=1S/C15H21N/c1-4-8-16(9-5-1)12-13-10-14-6-2-3-7-15(14)11-13/h2-3,6-7,13H,1,4-5,8-12H2. The van der Waals surface area contributed by atoms with E-state index >= 15 is 0 Å². The van der Waals surface area contributed by atoms with Gasteiger partial charge in [0.25, 0.3) is 0 Å². The van der Waals surface area contributed by atoms with Crippen molar-refractivity contribution < 1.29 is 0 Å². The predicted molar refractivity (Wildman–Crippen MR) is 67.6 cm³/mol. The second kappa shape index (κ2) is 4.58. The van der Waals surface area contributed by atoms with E-state index in [-0.39, 0.29) is 0 Å². The summed E-state index contributed by atoms with van der Waals surface area (Å²) in [5.41, 5.74) is 3.20. The molecule has 2 aliphatic rings. The molecule has 0 bridgehead atoms. The average Bonchev–Trinajstić information content (AvgIpc) is 2.72. The van der Waals surface area contributed by atoms with E-state index in [2.05, 4.69) is 29.2 Å². The highest BCUT2D eigenvalue weighted by atomic mass is 15.1. The van der Waals surface area contributed by atoms with Gasteiger partial charge in [0.1, 0.15) is 0 Å². The Bertz CT molecular complexity index is 327. The molecular weight excluding hydrogens is 194 g/mol. The Morgan fingerprint density at radius 3 is 2.19 bits per heavy atom. The van der Waals surface area contributed by atoms with Gasteiger partial charge in [0.05, 0.1) is 0 Å². The molecule has 1 saturated heterocycles. The van der Waals surface area contributed by atoms with Crippen molar-refractivity contribution in [3.05, 3.63) is 35.4 Å². The monoisotopic (exact) mass is 215 g/mol. The predicted octanol–water partition coefficient (Wildman–Crippen LogP) is 2.89. The van der Waals surface area contributed by atoms with Crippen LogP contribution in [0.15, 0.2) is 24.3 Å². The fourth-order valence-corrected chi connectivity index (χ4v) is 3.29. The molecule has 86 valence electrons. The maximum absolute atomic E-state index is 2.68. The largest absolute Gasteiger partial charge is 0.303 e. The lowest BCUT2D eigenvalue weighted by atomic mass is 10.0. The van der Waals surface area contributed by atoms with Crippen LogP contribution >= 0.6 is 0 Å². The molecule has 0 unspecified atom stereocenters. The van der Waals surface area contributed by atoms with Gasteiger partial charge in [-0.3, -0.25) is 0 Å². The topological polar surface area (TPSA) is 3.24 Å². The molecule has 1 aromatic rings. The molecule has 16 heavy (non-hydrogen) atoms. The summed E-state index contributed by atoms with van der Waals surface area (Å²) in [7, 11) is 0. The van der Waals surface area contributed by atoms with Gasteiger partial charge >= 0.3 is 0 Å². The number of hydrogen-bond donors (Lipinski definition) is 0. The first-order valence-electron chi connectivity index (χ1n) is 6.71. The van der Waals surface area contributed by atoms with E-state index in [0.29, 0.717) is 0 Å². The smallest absolute Gasteiger partial charge is 0.00160 e. The van der Waals surface area contributed by atoms with Gasteiger partial charge < -0.3 is 4.90 Å². The molecule has 1 heterocycles. The normalized spacial score (nSPS) is 22.2. The van der Waals surface area contributed by atoms with E-state index < -0.39 is 0 Å². The molecule has 0 radical (unpaired) electrons. The number of benzene rings is 1. The SMILES string of the molecule is c1ccc2c(c1)CC(CN1CCCCC1)C2. The third-order valence-corrected chi connectivity index (χ3v) is 4.10. The number of piperidine rings is 1. The first kappa shape index (κ1) is 10.3. The van der Waals surface area contributed by atoms with Crippen LogP contribution in [0, 0.1) is 5.92 Å². The quantitative estimate of drug-likeness (QED) is 0.733.